The van der Waals surface area contributed by atoms with Crippen molar-refractivity contribution < 1.29 is 9.53 Å². The fraction of sp³-hybridized carbons (Fsp3) is 0.333. The lowest BCUT2D eigenvalue weighted by Crippen LogP contribution is -2.11. The predicted octanol–water partition coefficient (Wildman–Crippen LogP) is 2.26. The maximum absolute atomic E-state index is 11.4. The monoisotopic (exact) mass is 205 g/mol. The molecule has 0 heterocycles. The third-order valence-electron chi connectivity index (χ3n) is 1.92. The van der Waals surface area contributed by atoms with E-state index in [0.717, 1.165) is 5.56 Å². The van der Waals surface area contributed by atoms with Crippen molar-refractivity contribution in [2.75, 3.05) is 7.11 Å². The highest BCUT2D eigenvalue weighted by atomic mass is 16.5. The second-order valence-electron chi connectivity index (χ2n) is 3.48. The number of aliphatic imine (C=N–C) groups is 1. The first-order valence-electron chi connectivity index (χ1n) is 4.87. The number of hydrogen-bond acceptors (Lipinski definition) is 2. The van der Waals surface area contributed by atoms with Gasteiger partial charge in [0.1, 0.15) is 0 Å². The molecular formula is C12H15NO2. The second kappa shape index (κ2) is 5.29. The fourth-order valence-electron chi connectivity index (χ4n) is 1.04. The number of ether oxygens (including phenoxy) is 1. The third-order valence-corrected chi connectivity index (χ3v) is 1.92. The van der Waals surface area contributed by atoms with Crippen LogP contribution in [0.1, 0.15) is 19.4 Å². The highest BCUT2D eigenvalue weighted by molar-refractivity contribution is 6.01. The van der Waals surface area contributed by atoms with Crippen molar-refractivity contribution in [3.63, 3.8) is 0 Å². The van der Waals surface area contributed by atoms with E-state index in [0.29, 0.717) is 5.90 Å². The Morgan fingerprint density at radius 2 is 1.87 bits per heavy atom. The lowest BCUT2D eigenvalue weighted by molar-refractivity contribution is -0.120. The first kappa shape index (κ1) is 11.4. The lowest BCUT2D eigenvalue weighted by Gasteiger charge is -2.05. The molecule has 0 aliphatic heterocycles. The first-order valence-corrected chi connectivity index (χ1v) is 4.87. The summed E-state index contributed by atoms with van der Waals surface area (Å²) >= 11 is 0. The molecule has 0 aromatic heterocycles. The van der Waals surface area contributed by atoms with E-state index in [4.69, 9.17) is 4.74 Å². The summed E-state index contributed by atoms with van der Waals surface area (Å²) in [5, 5.41) is 0. The van der Waals surface area contributed by atoms with E-state index in [1.807, 2.05) is 44.2 Å². The van der Waals surface area contributed by atoms with Gasteiger partial charge in [0.25, 0.3) is 5.91 Å². The Morgan fingerprint density at radius 1 is 1.27 bits per heavy atom. The number of carbonyl (C=O) groups excluding carboxylic acids is 1. The van der Waals surface area contributed by atoms with Crippen LogP contribution in [-0.2, 0) is 9.53 Å². The number of rotatable bonds is 2. The SMILES string of the molecule is COC(=NC(=O)C(C)C)c1ccccc1. The molecule has 0 atom stereocenters. The predicted molar refractivity (Wildman–Crippen MR) is 59.8 cm³/mol. The Morgan fingerprint density at radius 3 is 2.33 bits per heavy atom. The van der Waals surface area contributed by atoms with Gasteiger partial charge in [0.2, 0.25) is 5.90 Å². The molecule has 3 heteroatoms. The van der Waals surface area contributed by atoms with Crippen LogP contribution in [0.15, 0.2) is 35.3 Å². The van der Waals surface area contributed by atoms with Crippen LogP contribution in [0.3, 0.4) is 0 Å². The van der Waals surface area contributed by atoms with Crippen LogP contribution >= 0.6 is 0 Å². The van der Waals surface area contributed by atoms with E-state index in [1.54, 1.807) is 0 Å². The number of benzene rings is 1. The maximum atomic E-state index is 11.4. The molecule has 1 rings (SSSR count). The van der Waals surface area contributed by atoms with Crippen molar-refractivity contribution in [1.82, 2.24) is 0 Å². The van der Waals surface area contributed by atoms with Crippen LogP contribution in [0.5, 0.6) is 0 Å². The average Bonchev–Trinajstić information content (AvgIpc) is 2.26. The second-order valence-corrected chi connectivity index (χ2v) is 3.48. The summed E-state index contributed by atoms with van der Waals surface area (Å²) in [5.74, 6) is 0.0869. The van der Waals surface area contributed by atoms with Gasteiger partial charge in [-0.05, 0) is 12.1 Å². The van der Waals surface area contributed by atoms with Gasteiger partial charge >= 0.3 is 0 Å². The van der Waals surface area contributed by atoms with E-state index in [9.17, 15) is 4.79 Å². The van der Waals surface area contributed by atoms with Crippen molar-refractivity contribution in [2.24, 2.45) is 10.9 Å². The number of methoxy groups -OCH3 is 1. The number of carbonyl (C=O) groups is 1. The summed E-state index contributed by atoms with van der Waals surface area (Å²) < 4.78 is 5.09. The standard InChI is InChI=1S/C12H15NO2/c1-9(2)11(14)13-12(15-3)10-7-5-4-6-8-10/h4-9H,1-3H3. The zero-order chi connectivity index (χ0) is 11.3. The summed E-state index contributed by atoms with van der Waals surface area (Å²) in [6, 6.07) is 9.38. The van der Waals surface area contributed by atoms with Gasteiger partial charge in [-0.1, -0.05) is 32.0 Å². The van der Waals surface area contributed by atoms with E-state index in [1.165, 1.54) is 7.11 Å². The molecule has 3 nitrogen and oxygen atoms in total. The summed E-state index contributed by atoms with van der Waals surface area (Å²) in [6.07, 6.45) is 0. The molecule has 0 bridgehead atoms. The van der Waals surface area contributed by atoms with Crippen LogP contribution in [0.2, 0.25) is 0 Å². The van der Waals surface area contributed by atoms with Gasteiger partial charge in [-0.3, -0.25) is 4.79 Å². The van der Waals surface area contributed by atoms with E-state index >= 15 is 0 Å². The highest BCUT2D eigenvalue weighted by Gasteiger charge is 2.09. The van der Waals surface area contributed by atoms with Crippen molar-refractivity contribution >= 4 is 11.8 Å². The minimum absolute atomic E-state index is 0.112. The Balaban J connectivity index is 2.95. The highest BCUT2D eigenvalue weighted by Crippen LogP contribution is 2.04. The van der Waals surface area contributed by atoms with Gasteiger partial charge in [0.15, 0.2) is 0 Å². The molecule has 0 spiro atoms. The average molecular weight is 205 g/mol. The molecule has 0 saturated heterocycles. The molecule has 0 aliphatic carbocycles. The molecule has 0 aliphatic rings. The molecule has 15 heavy (non-hydrogen) atoms. The van der Waals surface area contributed by atoms with Gasteiger partial charge in [-0.15, -0.1) is 0 Å². The van der Waals surface area contributed by atoms with Crippen molar-refractivity contribution in [2.45, 2.75) is 13.8 Å². The zero-order valence-corrected chi connectivity index (χ0v) is 9.23. The Labute approximate surface area is 89.8 Å². The van der Waals surface area contributed by atoms with Gasteiger partial charge < -0.3 is 4.74 Å². The van der Waals surface area contributed by atoms with E-state index in [-0.39, 0.29) is 11.8 Å². The fourth-order valence-corrected chi connectivity index (χ4v) is 1.04. The molecule has 1 aromatic rings. The van der Waals surface area contributed by atoms with Gasteiger partial charge in [0.05, 0.1) is 7.11 Å². The quantitative estimate of drug-likeness (QED) is 0.548. The third kappa shape index (κ3) is 3.20. The van der Waals surface area contributed by atoms with E-state index < -0.39 is 0 Å². The van der Waals surface area contributed by atoms with Gasteiger partial charge in [0, 0.05) is 11.5 Å². The summed E-state index contributed by atoms with van der Waals surface area (Å²) in [7, 11) is 1.51. The Kier molecular flexibility index (Phi) is 4.03. The van der Waals surface area contributed by atoms with Crippen LogP contribution in [-0.4, -0.2) is 18.9 Å². The summed E-state index contributed by atoms with van der Waals surface area (Å²) in [4.78, 5) is 15.3. The van der Waals surface area contributed by atoms with Gasteiger partial charge in [-0.25, -0.2) is 0 Å². The molecule has 1 amide bonds. The number of hydrogen-bond donors (Lipinski definition) is 0. The molecule has 1 aromatic carbocycles. The molecule has 0 fully saturated rings. The first-order chi connectivity index (χ1) is 7.15. The molecule has 0 saturated carbocycles. The number of amides is 1. The summed E-state index contributed by atoms with van der Waals surface area (Å²) in [5.41, 5.74) is 0.814. The van der Waals surface area contributed by atoms with Crippen LogP contribution in [0, 0.1) is 5.92 Å². The van der Waals surface area contributed by atoms with Crippen LogP contribution in [0.4, 0.5) is 0 Å². The van der Waals surface area contributed by atoms with E-state index in [2.05, 4.69) is 4.99 Å². The minimum Gasteiger partial charge on any atom is -0.480 e. The molecule has 0 N–H and O–H groups in total. The topological polar surface area (TPSA) is 38.7 Å². The zero-order valence-electron chi connectivity index (χ0n) is 9.23. The molecular weight excluding hydrogens is 190 g/mol. The Hall–Kier alpha value is -1.64. The molecule has 80 valence electrons. The van der Waals surface area contributed by atoms with Crippen LogP contribution in [0.25, 0.3) is 0 Å². The molecule has 0 radical (unpaired) electrons. The lowest BCUT2D eigenvalue weighted by atomic mass is 10.2. The largest absolute Gasteiger partial charge is 0.480 e. The smallest absolute Gasteiger partial charge is 0.251 e. The van der Waals surface area contributed by atoms with Gasteiger partial charge in [-0.2, -0.15) is 4.99 Å². The van der Waals surface area contributed by atoms with Crippen LogP contribution < -0.4 is 0 Å². The maximum Gasteiger partial charge on any atom is 0.251 e. The minimum atomic E-state index is -0.171. The van der Waals surface area contributed by atoms with Crippen molar-refractivity contribution in [3.05, 3.63) is 35.9 Å². The summed E-state index contributed by atoms with van der Waals surface area (Å²) in [6.45, 7) is 3.62. The normalized spacial score (nSPS) is 11.6. The number of nitrogens with zero attached hydrogens (tertiary/aromatic N) is 1. The van der Waals surface area contributed by atoms with Crippen molar-refractivity contribution in [3.8, 4) is 0 Å². The molecule has 0 unspecified atom stereocenters. The van der Waals surface area contributed by atoms with Crippen molar-refractivity contribution in [1.29, 1.82) is 0 Å². The Bertz CT molecular complexity index is 355.